The van der Waals surface area contributed by atoms with Crippen LogP contribution in [0.2, 0.25) is 0 Å². The molecular formula is C7H15O. The number of ketones is 1. The molecule has 0 spiro atoms. The van der Waals surface area contributed by atoms with E-state index in [4.69, 9.17) is 0 Å². The average Bonchev–Trinajstić information content (AvgIpc) is 1.25. The van der Waals surface area contributed by atoms with Crippen molar-refractivity contribution in [1.82, 2.24) is 0 Å². The summed E-state index contributed by atoms with van der Waals surface area (Å²) in [4.78, 5) is 9.44. The lowest BCUT2D eigenvalue weighted by molar-refractivity contribution is -0.114. The van der Waals surface area contributed by atoms with Gasteiger partial charge in [0.2, 0.25) is 0 Å². The first-order chi connectivity index (χ1) is 3.46. The molecular weight excluding hydrogens is 100 g/mol. The quantitative estimate of drug-likeness (QED) is 0.472. The first kappa shape index (κ1) is 10.6. The standard InChI is InChI=1S/C4H9.C3H6O/c1-4(2)3;1-3(2)4/h4H,1H2,2-3H3;1-2H3. The minimum atomic E-state index is 0.167. The highest BCUT2D eigenvalue weighted by Gasteiger charge is 1.68. The fourth-order valence-corrected chi connectivity index (χ4v) is 0. The molecule has 0 unspecified atom stereocenters. The van der Waals surface area contributed by atoms with E-state index in [2.05, 4.69) is 20.8 Å². The largest absolute Gasteiger partial charge is 0.300 e. The molecule has 0 atom stereocenters. The Morgan fingerprint density at radius 2 is 1.38 bits per heavy atom. The first-order valence-corrected chi connectivity index (χ1v) is 2.77. The monoisotopic (exact) mass is 115 g/mol. The van der Waals surface area contributed by atoms with Gasteiger partial charge < -0.3 is 4.79 Å². The molecule has 1 radical (unpaired) electrons. The van der Waals surface area contributed by atoms with Crippen LogP contribution in [-0.2, 0) is 4.79 Å². The number of carbonyl (C=O) groups is 1. The van der Waals surface area contributed by atoms with Crippen molar-refractivity contribution in [3.8, 4) is 0 Å². The molecule has 0 saturated carbocycles. The van der Waals surface area contributed by atoms with Crippen molar-refractivity contribution in [2.45, 2.75) is 27.7 Å². The summed E-state index contributed by atoms with van der Waals surface area (Å²) in [5, 5.41) is 0. The van der Waals surface area contributed by atoms with Gasteiger partial charge in [-0.1, -0.05) is 20.8 Å². The predicted octanol–water partition coefficient (Wildman–Crippen LogP) is 2.07. The Morgan fingerprint density at radius 1 is 1.38 bits per heavy atom. The van der Waals surface area contributed by atoms with Crippen LogP contribution in [0.15, 0.2) is 0 Å². The molecule has 0 amide bonds. The second kappa shape index (κ2) is 6.67. The van der Waals surface area contributed by atoms with E-state index < -0.39 is 0 Å². The second-order valence-electron chi connectivity index (χ2n) is 2.30. The molecule has 1 nitrogen and oxygen atoms in total. The van der Waals surface area contributed by atoms with Crippen LogP contribution < -0.4 is 0 Å². The Kier molecular flexibility index (Phi) is 8.85. The number of hydrogen-bond acceptors (Lipinski definition) is 1. The summed E-state index contributed by atoms with van der Waals surface area (Å²) in [7, 11) is 0. The minimum Gasteiger partial charge on any atom is -0.300 e. The second-order valence-corrected chi connectivity index (χ2v) is 2.30. The molecule has 0 N–H and O–H groups in total. The summed E-state index contributed by atoms with van der Waals surface area (Å²) >= 11 is 0. The molecule has 0 aliphatic rings. The van der Waals surface area contributed by atoms with Gasteiger partial charge in [-0.25, -0.2) is 0 Å². The fourth-order valence-electron chi connectivity index (χ4n) is 0. The van der Waals surface area contributed by atoms with E-state index in [1.807, 2.05) is 0 Å². The first-order valence-electron chi connectivity index (χ1n) is 2.77. The Bertz CT molecular complexity index is 48.7. The maximum absolute atomic E-state index is 9.44. The number of carbonyl (C=O) groups excluding carboxylic acids is 1. The van der Waals surface area contributed by atoms with Crippen LogP contribution in [0.5, 0.6) is 0 Å². The van der Waals surface area contributed by atoms with E-state index in [0.29, 0.717) is 5.92 Å². The van der Waals surface area contributed by atoms with E-state index in [9.17, 15) is 4.79 Å². The van der Waals surface area contributed by atoms with E-state index in [1.54, 1.807) is 0 Å². The van der Waals surface area contributed by atoms with Gasteiger partial charge >= 0.3 is 0 Å². The third-order valence-electron chi connectivity index (χ3n) is 0. The van der Waals surface area contributed by atoms with Crippen LogP contribution >= 0.6 is 0 Å². The molecule has 0 aromatic heterocycles. The molecule has 1 heteroatoms. The number of rotatable bonds is 0. The van der Waals surface area contributed by atoms with Gasteiger partial charge in [0.25, 0.3) is 0 Å². The summed E-state index contributed by atoms with van der Waals surface area (Å²) in [5.74, 6) is 0.750. The van der Waals surface area contributed by atoms with Gasteiger partial charge in [-0.3, -0.25) is 0 Å². The minimum absolute atomic E-state index is 0.167. The van der Waals surface area contributed by atoms with Gasteiger partial charge in [0, 0.05) is 0 Å². The molecule has 0 bridgehead atoms. The van der Waals surface area contributed by atoms with Gasteiger partial charge in [-0.2, -0.15) is 0 Å². The molecule has 0 aromatic rings. The van der Waals surface area contributed by atoms with Gasteiger partial charge in [-0.15, -0.1) is 0 Å². The fraction of sp³-hybridized carbons (Fsp3) is 0.714. The summed E-state index contributed by atoms with van der Waals surface area (Å²) in [5.41, 5.74) is 0. The topological polar surface area (TPSA) is 17.1 Å². The van der Waals surface area contributed by atoms with Crippen molar-refractivity contribution < 1.29 is 4.79 Å². The Morgan fingerprint density at radius 3 is 1.38 bits per heavy atom. The normalized spacial score (nSPS) is 7.75. The Labute approximate surface area is 52.1 Å². The number of hydrogen-bond donors (Lipinski definition) is 0. The maximum Gasteiger partial charge on any atom is 0.126 e. The van der Waals surface area contributed by atoms with Gasteiger partial charge in [0.15, 0.2) is 0 Å². The van der Waals surface area contributed by atoms with Gasteiger partial charge in [-0.05, 0) is 19.8 Å². The molecule has 0 rings (SSSR count). The smallest absolute Gasteiger partial charge is 0.126 e. The van der Waals surface area contributed by atoms with Crippen LogP contribution in [-0.4, -0.2) is 5.78 Å². The van der Waals surface area contributed by atoms with E-state index in [0.717, 1.165) is 0 Å². The molecule has 0 saturated heterocycles. The molecule has 0 fully saturated rings. The van der Waals surface area contributed by atoms with Crippen molar-refractivity contribution in [1.29, 1.82) is 0 Å². The zero-order valence-corrected chi connectivity index (χ0v) is 6.19. The highest BCUT2D eigenvalue weighted by atomic mass is 16.1. The van der Waals surface area contributed by atoms with Crippen LogP contribution in [0.4, 0.5) is 0 Å². The average molecular weight is 115 g/mol. The molecule has 0 aliphatic carbocycles. The van der Waals surface area contributed by atoms with Crippen molar-refractivity contribution in [2.75, 3.05) is 0 Å². The van der Waals surface area contributed by atoms with Crippen molar-refractivity contribution in [2.24, 2.45) is 5.92 Å². The van der Waals surface area contributed by atoms with E-state index in [-0.39, 0.29) is 5.78 Å². The van der Waals surface area contributed by atoms with Crippen LogP contribution in [0, 0.1) is 12.8 Å². The molecule has 0 aliphatic heterocycles. The molecule has 0 heterocycles. The SMILES string of the molecule is CC(C)=O.[CH2]C(C)C. The predicted molar refractivity (Wildman–Crippen MR) is 36.5 cm³/mol. The van der Waals surface area contributed by atoms with Gasteiger partial charge in [0.05, 0.1) is 0 Å². The van der Waals surface area contributed by atoms with E-state index in [1.165, 1.54) is 13.8 Å². The Balaban J connectivity index is 0. The lowest BCUT2D eigenvalue weighted by atomic mass is 10.3. The van der Waals surface area contributed by atoms with Crippen LogP contribution in [0.25, 0.3) is 0 Å². The Hall–Kier alpha value is -0.330. The highest BCUT2D eigenvalue weighted by Crippen LogP contribution is 1.80. The lowest BCUT2D eigenvalue weighted by Gasteiger charge is -1.78. The van der Waals surface area contributed by atoms with Crippen molar-refractivity contribution in [3.05, 3.63) is 6.92 Å². The molecule has 0 aromatic carbocycles. The lowest BCUT2D eigenvalue weighted by Crippen LogP contribution is -1.69. The molecule has 8 heavy (non-hydrogen) atoms. The van der Waals surface area contributed by atoms with Crippen LogP contribution in [0.1, 0.15) is 27.7 Å². The van der Waals surface area contributed by atoms with E-state index >= 15 is 0 Å². The maximum atomic E-state index is 9.44. The summed E-state index contributed by atoms with van der Waals surface area (Å²) in [6.07, 6.45) is 0. The third-order valence-corrected chi connectivity index (χ3v) is 0. The van der Waals surface area contributed by atoms with Crippen LogP contribution in [0.3, 0.4) is 0 Å². The summed E-state index contributed by atoms with van der Waals surface area (Å²) in [6.45, 7) is 10.8. The third kappa shape index (κ3) is 1140. The molecule has 49 valence electrons. The van der Waals surface area contributed by atoms with Crippen molar-refractivity contribution >= 4 is 5.78 Å². The summed E-state index contributed by atoms with van der Waals surface area (Å²) in [6, 6.07) is 0. The zero-order chi connectivity index (χ0) is 7.15. The number of Topliss-reactive ketones (excluding diaryl/α,β-unsaturated/α-hetero) is 1. The zero-order valence-electron chi connectivity index (χ0n) is 6.19. The van der Waals surface area contributed by atoms with Gasteiger partial charge in [0.1, 0.15) is 5.78 Å². The summed E-state index contributed by atoms with van der Waals surface area (Å²) < 4.78 is 0. The van der Waals surface area contributed by atoms with Crippen molar-refractivity contribution in [3.63, 3.8) is 0 Å². The highest BCUT2D eigenvalue weighted by molar-refractivity contribution is 5.72.